The topological polar surface area (TPSA) is 17.1 Å². The van der Waals surface area contributed by atoms with Crippen LogP contribution in [0.2, 0.25) is 0 Å². The molecule has 0 aliphatic carbocycles. The first-order valence-corrected chi connectivity index (χ1v) is 3.39. The molecule has 0 saturated heterocycles. The summed E-state index contributed by atoms with van der Waals surface area (Å²) in [6.45, 7) is 4.38. The number of hydrogen-bond acceptors (Lipinski definition) is 1. The van der Waals surface area contributed by atoms with Gasteiger partial charge in [-0.1, -0.05) is 12.7 Å². The lowest BCUT2D eigenvalue weighted by Gasteiger charge is -1.96. The number of carbonyl (C=O) groups excluding carboxylic acids is 1. The molecule has 0 bridgehead atoms. The Morgan fingerprint density at radius 2 is 2.08 bits per heavy atom. The Morgan fingerprint density at radius 1 is 1.50 bits per heavy atom. The van der Waals surface area contributed by atoms with Gasteiger partial charge in [-0.25, -0.2) is 8.78 Å². The van der Waals surface area contributed by atoms with Gasteiger partial charge >= 0.3 is 0 Å². The summed E-state index contributed by atoms with van der Waals surface area (Å²) >= 11 is 0. The molecule has 0 aliphatic rings. The molecule has 66 valence electrons. The van der Waals surface area contributed by atoms with E-state index < -0.39 is 11.7 Å². The molecule has 1 nitrogen and oxygen atoms in total. The lowest BCUT2D eigenvalue weighted by molar-refractivity contribution is -0.105. The van der Waals surface area contributed by atoms with E-state index in [9.17, 15) is 13.6 Å². The van der Waals surface area contributed by atoms with E-state index in [0.29, 0.717) is 6.29 Å². The standard InChI is InChI=1S/C9H10F2O/c1-3-4-9(11)5-8(6-12)7(2)10/h3-4,6H,1,5H2,2H3/b8-7-,9-4+. The molecule has 0 spiro atoms. The quantitative estimate of drug-likeness (QED) is 0.362. The summed E-state index contributed by atoms with van der Waals surface area (Å²) in [4.78, 5) is 10.2. The second-order valence-corrected chi connectivity index (χ2v) is 2.20. The monoisotopic (exact) mass is 172 g/mol. The van der Waals surface area contributed by atoms with Crippen LogP contribution < -0.4 is 0 Å². The SMILES string of the molecule is C=C/C=C(/F)C/C(C=O)=C(\C)F. The smallest absolute Gasteiger partial charge is 0.149 e. The summed E-state index contributed by atoms with van der Waals surface area (Å²) in [6.07, 6.45) is 2.33. The number of carbonyl (C=O) groups is 1. The van der Waals surface area contributed by atoms with Crippen LogP contribution >= 0.6 is 0 Å². The molecule has 3 heteroatoms. The first kappa shape index (κ1) is 10.8. The summed E-state index contributed by atoms with van der Waals surface area (Å²) in [5.41, 5.74) is -0.175. The fourth-order valence-electron chi connectivity index (χ4n) is 0.613. The minimum absolute atomic E-state index is 0.175. The summed E-state index contributed by atoms with van der Waals surface area (Å²) in [5, 5.41) is 0. The van der Waals surface area contributed by atoms with Gasteiger partial charge in [0, 0.05) is 12.0 Å². The molecular weight excluding hydrogens is 162 g/mol. The third kappa shape index (κ3) is 3.81. The Kier molecular flexibility index (Phi) is 4.84. The molecule has 0 aromatic carbocycles. The van der Waals surface area contributed by atoms with Crippen LogP contribution in [0.15, 0.2) is 36.0 Å². The number of hydrogen-bond donors (Lipinski definition) is 0. The van der Waals surface area contributed by atoms with Crippen molar-refractivity contribution in [3.63, 3.8) is 0 Å². The highest BCUT2D eigenvalue weighted by atomic mass is 19.1. The Labute approximate surface area is 70.1 Å². The van der Waals surface area contributed by atoms with E-state index in [4.69, 9.17) is 0 Å². The number of aldehydes is 1. The van der Waals surface area contributed by atoms with Crippen LogP contribution in [-0.4, -0.2) is 6.29 Å². The third-order valence-corrected chi connectivity index (χ3v) is 1.24. The number of halogens is 2. The molecule has 0 aromatic heterocycles. The van der Waals surface area contributed by atoms with Gasteiger partial charge in [-0.05, 0) is 13.0 Å². The van der Waals surface area contributed by atoms with Gasteiger partial charge in [0.1, 0.15) is 17.9 Å². The Bertz CT molecular complexity index is 235. The first-order chi connectivity index (χ1) is 5.61. The maximum atomic E-state index is 12.6. The zero-order chi connectivity index (χ0) is 9.56. The molecule has 0 saturated carbocycles. The van der Waals surface area contributed by atoms with Crippen LogP contribution in [0.3, 0.4) is 0 Å². The van der Waals surface area contributed by atoms with Crippen LogP contribution in [0.1, 0.15) is 13.3 Å². The van der Waals surface area contributed by atoms with Crippen molar-refractivity contribution in [3.05, 3.63) is 36.0 Å². The largest absolute Gasteiger partial charge is 0.298 e. The molecule has 0 aliphatic heterocycles. The van der Waals surface area contributed by atoms with Crippen LogP contribution in [0.5, 0.6) is 0 Å². The van der Waals surface area contributed by atoms with E-state index in [1.807, 2.05) is 0 Å². The van der Waals surface area contributed by atoms with Crippen molar-refractivity contribution in [3.8, 4) is 0 Å². The average molecular weight is 172 g/mol. The highest BCUT2D eigenvalue weighted by Crippen LogP contribution is 2.14. The molecular formula is C9H10F2O. The summed E-state index contributed by atoms with van der Waals surface area (Å²) in [5.74, 6) is -1.23. The van der Waals surface area contributed by atoms with Gasteiger partial charge in [0.25, 0.3) is 0 Å². The number of rotatable bonds is 4. The van der Waals surface area contributed by atoms with Crippen LogP contribution in [0.25, 0.3) is 0 Å². The van der Waals surface area contributed by atoms with E-state index >= 15 is 0 Å². The maximum absolute atomic E-state index is 12.6. The zero-order valence-electron chi connectivity index (χ0n) is 6.81. The van der Waals surface area contributed by atoms with Crippen LogP contribution in [0.4, 0.5) is 8.78 Å². The molecule has 0 atom stereocenters. The van der Waals surface area contributed by atoms with Gasteiger partial charge < -0.3 is 0 Å². The summed E-state index contributed by atoms with van der Waals surface area (Å²) in [6, 6.07) is 0. The highest BCUT2D eigenvalue weighted by molar-refractivity contribution is 5.74. The fourth-order valence-corrected chi connectivity index (χ4v) is 0.613. The van der Waals surface area contributed by atoms with E-state index in [0.717, 1.165) is 13.0 Å². The van der Waals surface area contributed by atoms with Crippen molar-refractivity contribution in [2.45, 2.75) is 13.3 Å². The van der Waals surface area contributed by atoms with Gasteiger partial charge in [0.05, 0.1) is 0 Å². The minimum atomic E-state index is -0.655. The second kappa shape index (κ2) is 5.41. The Hall–Kier alpha value is -1.25. The summed E-state index contributed by atoms with van der Waals surface area (Å²) < 4.78 is 25.0. The molecule has 0 unspecified atom stereocenters. The van der Waals surface area contributed by atoms with E-state index in [1.54, 1.807) is 0 Å². The van der Waals surface area contributed by atoms with Gasteiger partial charge in [-0.15, -0.1) is 0 Å². The van der Waals surface area contributed by atoms with Crippen molar-refractivity contribution >= 4 is 6.29 Å². The third-order valence-electron chi connectivity index (χ3n) is 1.24. The molecule has 0 N–H and O–H groups in total. The lowest BCUT2D eigenvalue weighted by atomic mass is 10.1. The molecule has 0 rings (SSSR count). The van der Waals surface area contributed by atoms with E-state index in [1.165, 1.54) is 6.08 Å². The van der Waals surface area contributed by atoms with E-state index in [2.05, 4.69) is 6.58 Å². The fraction of sp³-hybridized carbons (Fsp3) is 0.222. The number of allylic oxidation sites excluding steroid dienone is 5. The van der Waals surface area contributed by atoms with Gasteiger partial charge in [0.2, 0.25) is 0 Å². The first-order valence-electron chi connectivity index (χ1n) is 3.39. The van der Waals surface area contributed by atoms with Crippen LogP contribution in [-0.2, 0) is 4.79 Å². The normalized spacial score (nSPS) is 13.8. The Balaban J connectivity index is 4.43. The van der Waals surface area contributed by atoms with Crippen molar-refractivity contribution in [1.82, 2.24) is 0 Å². The molecule has 0 aromatic rings. The van der Waals surface area contributed by atoms with Crippen molar-refractivity contribution in [2.75, 3.05) is 0 Å². The highest BCUT2D eigenvalue weighted by Gasteiger charge is 2.03. The molecule has 0 fully saturated rings. The molecule has 12 heavy (non-hydrogen) atoms. The molecule has 0 heterocycles. The van der Waals surface area contributed by atoms with Gasteiger partial charge in [-0.2, -0.15) is 0 Å². The van der Waals surface area contributed by atoms with E-state index in [-0.39, 0.29) is 12.0 Å². The Morgan fingerprint density at radius 3 is 2.42 bits per heavy atom. The predicted octanol–water partition coefficient (Wildman–Crippen LogP) is 2.86. The van der Waals surface area contributed by atoms with Crippen LogP contribution in [0, 0.1) is 0 Å². The van der Waals surface area contributed by atoms with Crippen molar-refractivity contribution in [1.29, 1.82) is 0 Å². The van der Waals surface area contributed by atoms with Gasteiger partial charge in [-0.3, -0.25) is 4.79 Å². The molecule has 0 amide bonds. The average Bonchev–Trinajstić information content (AvgIpc) is 2.00. The van der Waals surface area contributed by atoms with Gasteiger partial charge in [0.15, 0.2) is 0 Å². The maximum Gasteiger partial charge on any atom is 0.149 e. The zero-order valence-corrected chi connectivity index (χ0v) is 6.81. The predicted molar refractivity (Wildman–Crippen MR) is 43.9 cm³/mol. The molecule has 0 radical (unpaired) electrons. The summed E-state index contributed by atoms with van der Waals surface area (Å²) in [7, 11) is 0. The second-order valence-electron chi connectivity index (χ2n) is 2.20. The van der Waals surface area contributed by atoms with Crippen molar-refractivity contribution in [2.24, 2.45) is 0 Å². The minimum Gasteiger partial charge on any atom is -0.298 e. The lowest BCUT2D eigenvalue weighted by Crippen LogP contribution is -1.88. The van der Waals surface area contributed by atoms with Crippen molar-refractivity contribution < 1.29 is 13.6 Å².